The standard InChI is InChI=1S/C25H27FN4O3S/c1-13-22-19-11-21(23(13)22)30-24(19)25(31)29-17(12-27)9-16-4-3-15(10-20(16)26)14-5-7-18(8-6-14)34(32,33)28-2/h3-8,10,13,17,19,21-24,28,30H,9,11H2,1-2H3,(H,29,31)/t13?,17-,19+,21-,22?,23?,24-/m0/s1. The summed E-state index contributed by atoms with van der Waals surface area (Å²) in [6, 6.07) is 12.2. The fourth-order valence-electron chi connectivity index (χ4n) is 6.05. The summed E-state index contributed by atoms with van der Waals surface area (Å²) < 4.78 is 40.9. The first kappa shape index (κ1) is 23.0. The summed E-state index contributed by atoms with van der Waals surface area (Å²) in [6.45, 7) is 2.24. The van der Waals surface area contributed by atoms with Crippen molar-refractivity contribution < 1.29 is 17.6 Å². The zero-order valence-electron chi connectivity index (χ0n) is 19.0. The molecule has 0 radical (unpaired) electrons. The number of hydrogen-bond donors (Lipinski definition) is 3. The van der Waals surface area contributed by atoms with E-state index in [2.05, 4.69) is 28.3 Å². The fraction of sp³-hybridized carbons (Fsp3) is 0.440. The number of rotatable bonds is 7. The van der Waals surface area contributed by atoms with Gasteiger partial charge < -0.3 is 10.6 Å². The molecule has 2 saturated carbocycles. The van der Waals surface area contributed by atoms with E-state index in [0.29, 0.717) is 46.4 Å². The van der Waals surface area contributed by atoms with Crippen LogP contribution < -0.4 is 15.4 Å². The average molecular weight is 483 g/mol. The van der Waals surface area contributed by atoms with Gasteiger partial charge in [-0.05, 0) is 72.0 Å². The normalized spacial score (nSPS) is 29.8. The summed E-state index contributed by atoms with van der Waals surface area (Å²) in [4.78, 5) is 13.0. The predicted octanol–water partition coefficient (Wildman–Crippen LogP) is 2.19. The first-order chi connectivity index (χ1) is 16.2. The molecule has 0 spiro atoms. The minimum atomic E-state index is -3.54. The predicted molar refractivity (Wildman–Crippen MR) is 124 cm³/mol. The maximum absolute atomic E-state index is 14.9. The lowest BCUT2D eigenvalue weighted by molar-refractivity contribution is -0.124. The third kappa shape index (κ3) is 3.90. The number of nitrogens with one attached hydrogen (secondary N) is 3. The molecule has 178 valence electrons. The van der Waals surface area contributed by atoms with E-state index in [1.54, 1.807) is 24.3 Å². The van der Waals surface area contributed by atoms with Crippen LogP contribution >= 0.6 is 0 Å². The van der Waals surface area contributed by atoms with Gasteiger partial charge in [0.1, 0.15) is 11.9 Å². The Morgan fingerprint density at radius 2 is 1.91 bits per heavy atom. The van der Waals surface area contributed by atoms with Crippen LogP contribution in [0.15, 0.2) is 47.4 Å². The Labute approximate surface area is 198 Å². The van der Waals surface area contributed by atoms with Crippen molar-refractivity contribution in [2.24, 2.45) is 23.7 Å². The number of nitriles is 1. The number of fused-ring (bicyclic) bond motifs is 5. The molecule has 3 fully saturated rings. The Morgan fingerprint density at radius 3 is 2.53 bits per heavy atom. The maximum atomic E-state index is 14.9. The van der Waals surface area contributed by atoms with Crippen LogP contribution in [0.1, 0.15) is 18.9 Å². The topological polar surface area (TPSA) is 111 Å². The average Bonchev–Trinajstić information content (AvgIpc) is 3.18. The van der Waals surface area contributed by atoms with Crippen molar-refractivity contribution in [3.63, 3.8) is 0 Å². The zero-order valence-corrected chi connectivity index (χ0v) is 19.8. The molecule has 3 unspecified atom stereocenters. The van der Waals surface area contributed by atoms with E-state index in [4.69, 9.17) is 0 Å². The van der Waals surface area contributed by atoms with Gasteiger partial charge in [0.2, 0.25) is 15.9 Å². The van der Waals surface area contributed by atoms with E-state index in [-0.39, 0.29) is 23.3 Å². The van der Waals surface area contributed by atoms with Gasteiger partial charge in [-0.1, -0.05) is 31.2 Å². The molecule has 1 heterocycles. The van der Waals surface area contributed by atoms with E-state index in [1.807, 2.05) is 0 Å². The highest BCUT2D eigenvalue weighted by molar-refractivity contribution is 7.89. The van der Waals surface area contributed by atoms with Crippen LogP contribution in [0, 0.1) is 40.8 Å². The SMILES string of the molecule is CNS(=O)(=O)c1ccc(-c2ccc(C[C@@H](C#N)NC(=O)[C@H]3N[C@H]4C[C@@H]3C3C(C)C34)c(F)c2)cc1. The van der Waals surface area contributed by atoms with Crippen LogP contribution in [-0.2, 0) is 21.2 Å². The Kier molecular flexibility index (Phi) is 5.71. The molecule has 9 heteroatoms. The van der Waals surface area contributed by atoms with E-state index >= 15 is 0 Å². The zero-order chi connectivity index (χ0) is 24.2. The molecule has 1 aliphatic heterocycles. The van der Waals surface area contributed by atoms with Gasteiger partial charge in [0, 0.05) is 12.5 Å². The Morgan fingerprint density at radius 1 is 1.21 bits per heavy atom. The Balaban J connectivity index is 1.24. The number of nitrogens with zero attached hydrogens (tertiary/aromatic N) is 1. The summed E-state index contributed by atoms with van der Waals surface area (Å²) in [6.07, 6.45) is 1.09. The van der Waals surface area contributed by atoms with Crippen LogP contribution in [0.5, 0.6) is 0 Å². The van der Waals surface area contributed by atoms with Gasteiger partial charge in [0.25, 0.3) is 0 Å². The first-order valence-electron chi connectivity index (χ1n) is 11.5. The van der Waals surface area contributed by atoms with Crippen molar-refractivity contribution in [2.45, 2.75) is 42.8 Å². The molecule has 34 heavy (non-hydrogen) atoms. The summed E-state index contributed by atoms with van der Waals surface area (Å²) in [5.41, 5.74) is 1.59. The molecule has 2 bridgehead atoms. The van der Waals surface area contributed by atoms with Crippen molar-refractivity contribution in [1.82, 2.24) is 15.4 Å². The second-order valence-corrected chi connectivity index (χ2v) is 11.5. The lowest BCUT2D eigenvalue weighted by Gasteiger charge is -2.23. The summed E-state index contributed by atoms with van der Waals surface area (Å²) in [5, 5.41) is 15.8. The number of sulfonamides is 1. The smallest absolute Gasteiger partial charge is 0.240 e. The van der Waals surface area contributed by atoms with Crippen molar-refractivity contribution in [3.8, 4) is 17.2 Å². The van der Waals surface area contributed by atoms with E-state index in [1.165, 1.54) is 25.2 Å². The van der Waals surface area contributed by atoms with Crippen molar-refractivity contribution in [1.29, 1.82) is 5.26 Å². The minimum Gasteiger partial charge on any atom is -0.339 e. The quantitative estimate of drug-likeness (QED) is 0.560. The molecule has 7 nitrogen and oxygen atoms in total. The number of benzene rings is 2. The monoisotopic (exact) mass is 482 g/mol. The molecular formula is C25H27FN4O3S. The Bertz CT molecular complexity index is 1270. The van der Waals surface area contributed by atoms with Crippen LogP contribution in [-0.4, -0.2) is 39.5 Å². The molecular weight excluding hydrogens is 455 g/mol. The molecule has 1 amide bonds. The summed E-state index contributed by atoms with van der Waals surface area (Å²) in [5.74, 6) is 1.64. The lowest BCUT2D eigenvalue weighted by atomic mass is 9.94. The number of piperidine rings is 1. The molecule has 5 rings (SSSR count). The van der Waals surface area contributed by atoms with Gasteiger partial charge in [0.05, 0.1) is 17.0 Å². The molecule has 2 aliphatic carbocycles. The molecule has 3 aliphatic rings. The number of amides is 1. The fourth-order valence-corrected chi connectivity index (χ4v) is 6.78. The second kappa shape index (κ2) is 8.45. The molecule has 2 aromatic carbocycles. The van der Waals surface area contributed by atoms with Crippen LogP contribution in [0.2, 0.25) is 0 Å². The van der Waals surface area contributed by atoms with Crippen molar-refractivity contribution in [2.75, 3.05) is 7.05 Å². The van der Waals surface area contributed by atoms with Crippen LogP contribution in [0.3, 0.4) is 0 Å². The number of halogens is 1. The van der Waals surface area contributed by atoms with E-state index in [9.17, 15) is 22.9 Å². The molecule has 2 aromatic rings. The van der Waals surface area contributed by atoms with Crippen molar-refractivity contribution in [3.05, 3.63) is 53.8 Å². The van der Waals surface area contributed by atoms with E-state index < -0.39 is 21.9 Å². The van der Waals surface area contributed by atoms with E-state index in [0.717, 1.165) is 6.42 Å². The third-order valence-electron chi connectivity index (χ3n) is 7.82. The molecule has 7 atom stereocenters. The summed E-state index contributed by atoms with van der Waals surface area (Å²) in [7, 11) is -2.21. The van der Waals surface area contributed by atoms with Gasteiger partial charge in [0.15, 0.2) is 0 Å². The molecule has 1 saturated heterocycles. The first-order valence-corrected chi connectivity index (χ1v) is 13.0. The third-order valence-corrected chi connectivity index (χ3v) is 9.25. The highest BCUT2D eigenvalue weighted by Crippen LogP contribution is 2.64. The largest absolute Gasteiger partial charge is 0.339 e. The minimum absolute atomic E-state index is 0.0664. The van der Waals surface area contributed by atoms with Gasteiger partial charge in [-0.2, -0.15) is 5.26 Å². The van der Waals surface area contributed by atoms with Gasteiger partial charge in [-0.25, -0.2) is 17.5 Å². The number of carbonyl (C=O) groups is 1. The molecule has 3 N–H and O–H groups in total. The Hall–Kier alpha value is -2.80. The summed E-state index contributed by atoms with van der Waals surface area (Å²) >= 11 is 0. The highest BCUT2D eigenvalue weighted by atomic mass is 32.2. The number of carbonyl (C=O) groups excluding carboxylic acids is 1. The maximum Gasteiger partial charge on any atom is 0.240 e. The molecule has 0 aromatic heterocycles. The van der Waals surface area contributed by atoms with Crippen LogP contribution in [0.4, 0.5) is 4.39 Å². The highest BCUT2D eigenvalue weighted by Gasteiger charge is 2.67. The lowest BCUT2D eigenvalue weighted by Crippen LogP contribution is -2.51. The van der Waals surface area contributed by atoms with Gasteiger partial charge in [-0.3, -0.25) is 4.79 Å². The van der Waals surface area contributed by atoms with Gasteiger partial charge >= 0.3 is 0 Å². The van der Waals surface area contributed by atoms with Crippen molar-refractivity contribution >= 4 is 15.9 Å². The van der Waals surface area contributed by atoms with Crippen LogP contribution in [0.25, 0.3) is 11.1 Å². The number of hydrogen-bond acceptors (Lipinski definition) is 5. The second-order valence-electron chi connectivity index (χ2n) is 9.60. The van der Waals surface area contributed by atoms with Gasteiger partial charge in [-0.15, -0.1) is 0 Å².